The summed E-state index contributed by atoms with van der Waals surface area (Å²) in [7, 11) is -1.85. The Hall–Kier alpha value is -6.22. The molecule has 0 saturated carbocycles. The third-order valence-corrected chi connectivity index (χ3v) is 15.3. The molecular formula is C50H35NSi. The van der Waals surface area contributed by atoms with Crippen molar-refractivity contribution in [1.29, 1.82) is 0 Å². The van der Waals surface area contributed by atoms with Crippen molar-refractivity contribution in [2.75, 3.05) is 0 Å². The van der Waals surface area contributed by atoms with Gasteiger partial charge in [0.25, 0.3) is 0 Å². The van der Waals surface area contributed by atoms with E-state index in [0.29, 0.717) is 0 Å². The van der Waals surface area contributed by atoms with Gasteiger partial charge in [0.05, 0.1) is 5.52 Å². The molecule has 0 spiro atoms. The summed E-state index contributed by atoms with van der Waals surface area (Å²) >= 11 is 0. The molecule has 0 N–H and O–H groups in total. The highest BCUT2D eigenvalue weighted by molar-refractivity contribution is 7.03. The van der Waals surface area contributed by atoms with Gasteiger partial charge in [0, 0.05) is 22.8 Å². The fourth-order valence-corrected chi connectivity index (χ4v) is 12.3. The summed E-state index contributed by atoms with van der Waals surface area (Å²) in [6.07, 6.45) is 2.40. The first kappa shape index (κ1) is 29.5. The van der Waals surface area contributed by atoms with Gasteiger partial charge >= 0.3 is 0 Å². The zero-order valence-electron chi connectivity index (χ0n) is 29.2. The number of fused-ring (bicyclic) bond motifs is 10. The van der Waals surface area contributed by atoms with Crippen LogP contribution >= 0.6 is 0 Å². The van der Waals surface area contributed by atoms with Crippen LogP contribution in [-0.4, -0.2) is 12.6 Å². The van der Waals surface area contributed by atoms with E-state index < -0.39 is 8.07 Å². The predicted molar refractivity (Wildman–Crippen MR) is 226 cm³/mol. The smallest absolute Gasteiger partial charge is 0.113 e. The lowest BCUT2D eigenvalue weighted by atomic mass is 9.91. The summed E-state index contributed by atoms with van der Waals surface area (Å²) in [5.74, 6) is 0. The molecule has 244 valence electrons. The molecular weight excluding hydrogens is 643 g/mol. The minimum absolute atomic E-state index is 1.22. The second-order valence-electron chi connectivity index (χ2n) is 14.9. The average molecular weight is 678 g/mol. The van der Waals surface area contributed by atoms with Crippen molar-refractivity contribution in [2.45, 2.75) is 13.1 Å². The number of nitrogens with zero attached hydrogens (tertiary/aromatic N) is 1. The SMILES string of the molecule is C[Si]1(C)c2ccccc2-c2ccc(-n3cc(-c4cc5ccccc5c5ccccc45)c4cc(-c5cc6ccccc6c6ccccc56)ccc43)cc21. The zero-order valence-corrected chi connectivity index (χ0v) is 30.2. The van der Waals surface area contributed by atoms with Crippen molar-refractivity contribution in [3.63, 3.8) is 0 Å². The first-order chi connectivity index (χ1) is 25.5. The van der Waals surface area contributed by atoms with Gasteiger partial charge in [-0.2, -0.15) is 0 Å². The minimum atomic E-state index is -1.85. The van der Waals surface area contributed by atoms with E-state index in [2.05, 4.69) is 194 Å². The second-order valence-corrected chi connectivity index (χ2v) is 19.3. The van der Waals surface area contributed by atoms with Crippen LogP contribution in [0.2, 0.25) is 13.1 Å². The molecule has 0 amide bonds. The Kier molecular flexibility index (Phi) is 6.18. The van der Waals surface area contributed by atoms with Gasteiger partial charge in [-0.15, -0.1) is 0 Å². The maximum Gasteiger partial charge on any atom is 0.113 e. The van der Waals surface area contributed by atoms with Crippen molar-refractivity contribution < 1.29 is 0 Å². The molecule has 9 aromatic carbocycles. The lowest BCUT2D eigenvalue weighted by Crippen LogP contribution is -2.49. The molecule has 0 atom stereocenters. The van der Waals surface area contributed by atoms with E-state index in [4.69, 9.17) is 0 Å². The first-order valence-corrected chi connectivity index (χ1v) is 21.3. The van der Waals surface area contributed by atoms with Gasteiger partial charge in [-0.25, -0.2) is 0 Å². The van der Waals surface area contributed by atoms with Crippen molar-refractivity contribution in [2.24, 2.45) is 0 Å². The molecule has 2 heteroatoms. The van der Waals surface area contributed by atoms with Gasteiger partial charge in [-0.05, 0) is 118 Å². The van der Waals surface area contributed by atoms with Crippen molar-refractivity contribution in [3.05, 3.63) is 176 Å². The van der Waals surface area contributed by atoms with Crippen LogP contribution in [0.1, 0.15) is 0 Å². The van der Waals surface area contributed by atoms with Gasteiger partial charge in [-0.3, -0.25) is 0 Å². The van der Waals surface area contributed by atoms with E-state index in [9.17, 15) is 0 Å². The number of hydrogen-bond acceptors (Lipinski definition) is 0. The van der Waals surface area contributed by atoms with E-state index >= 15 is 0 Å². The van der Waals surface area contributed by atoms with Crippen LogP contribution < -0.4 is 10.4 Å². The van der Waals surface area contributed by atoms with Gasteiger partial charge in [0.1, 0.15) is 8.07 Å². The largest absolute Gasteiger partial charge is 0.316 e. The van der Waals surface area contributed by atoms with E-state index in [1.165, 1.54) is 103 Å². The molecule has 1 aliphatic heterocycles. The molecule has 0 fully saturated rings. The summed E-state index contributed by atoms with van der Waals surface area (Å²) in [4.78, 5) is 0. The normalized spacial score (nSPS) is 13.3. The molecule has 1 aromatic heterocycles. The van der Waals surface area contributed by atoms with Crippen LogP contribution in [0.15, 0.2) is 176 Å². The average Bonchev–Trinajstić information content (AvgIpc) is 3.69. The third kappa shape index (κ3) is 4.16. The van der Waals surface area contributed by atoms with E-state index in [1.54, 1.807) is 0 Å². The molecule has 0 radical (unpaired) electrons. The lowest BCUT2D eigenvalue weighted by Gasteiger charge is -2.19. The summed E-state index contributed by atoms with van der Waals surface area (Å²) in [5, 5.41) is 14.6. The Morgan fingerprint density at radius 3 is 1.63 bits per heavy atom. The van der Waals surface area contributed by atoms with Crippen molar-refractivity contribution in [1.82, 2.24) is 4.57 Å². The van der Waals surface area contributed by atoms with Crippen LogP contribution in [-0.2, 0) is 0 Å². The Balaban J connectivity index is 1.21. The molecule has 1 nitrogen and oxygen atoms in total. The highest BCUT2D eigenvalue weighted by atomic mass is 28.3. The summed E-state index contributed by atoms with van der Waals surface area (Å²) < 4.78 is 2.45. The Morgan fingerprint density at radius 1 is 0.365 bits per heavy atom. The van der Waals surface area contributed by atoms with Crippen LogP contribution in [0.4, 0.5) is 0 Å². The lowest BCUT2D eigenvalue weighted by molar-refractivity contribution is 1.13. The monoisotopic (exact) mass is 677 g/mol. The molecule has 1 aliphatic rings. The molecule has 0 aliphatic carbocycles. The Labute approximate surface area is 304 Å². The minimum Gasteiger partial charge on any atom is -0.316 e. The molecule has 11 rings (SSSR count). The van der Waals surface area contributed by atoms with E-state index in [1.807, 2.05) is 0 Å². The van der Waals surface area contributed by atoms with Gasteiger partial charge < -0.3 is 4.57 Å². The van der Waals surface area contributed by atoms with Crippen LogP contribution in [0.5, 0.6) is 0 Å². The van der Waals surface area contributed by atoms with Crippen LogP contribution in [0.25, 0.3) is 93.1 Å². The molecule has 0 bridgehead atoms. The van der Waals surface area contributed by atoms with Gasteiger partial charge in [0.15, 0.2) is 0 Å². The fraction of sp³-hybridized carbons (Fsp3) is 0.0400. The third-order valence-electron chi connectivity index (χ3n) is 11.8. The Morgan fingerprint density at radius 2 is 0.923 bits per heavy atom. The highest BCUT2D eigenvalue weighted by Crippen LogP contribution is 2.43. The molecule has 52 heavy (non-hydrogen) atoms. The predicted octanol–water partition coefficient (Wildman–Crippen LogP) is 12.4. The summed E-state index contributed by atoms with van der Waals surface area (Å²) in [5.41, 5.74) is 10.3. The van der Waals surface area contributed by atoms with Crippen molar-refractivity contribution in [3.8, 4) is 39.1 Å². The Bertz CT molecular complexity index is 3110. The quantitative estimate of drug-likeness (QED) is 0.130. The molecule has 10 aromatic rings. The maximum atomic E-state index is 2.50. The topological polar surface area (TPSA) is 4.93 Å². The standard InChI is InChI=1S/C50H35NSi/c1-52(2)49-22-12-11-21-42(49)43-25-24-35(30-50(43)52)51-31-47(45-28-33-14-4-6-16-37(33)39-18-8-10-20-41(39)45)46-29-34(23-26-48(46)51)44-27-32-13-3-5-15-36(32)38-17-7-9-19-40(38)44/h3-31H,1-2H3. The second kappa shape index (κ2) is 10.9. The summed E-state index contributed by atoms with van der Waals surface area (Å²) in [6, 6.07) is 63.5. The number of rotatable bonds is 3. The highest BCUT2D eigenvalue weighted by Gasteiger charge is 2.37. The summed E-state index contributed by atoms with van der Waals surface area (Å²) in [6.45, 7) is 5.00. The van der Waals surface area contributed by atoms with Crippen molar-refractivity contribution >= 4 is 72.4 Å². The molecule has 2 heterocycles. The molecule has 0 unspecified atom stereocenters. The first-order valence-electron chi connectivity index (χ1n) is 18.3. The fourth-order valence-electron chi connectivity index (χ4n) is 9.24. The van der Waals surface area contributed by atoms with Crippen LogP contribution in [0, 0.1) is 0 Å². The van der Waals surface area contributed by atoms with Gasteiger partial charge in [0.2, 0.25) is 0 Å². The number of hydrogen-bond donors (Lipinski definition) is 0. The maximum absolute atomic E-state index is 2.50. The van der Waals surface area contributed by atoms with Crippen LogP contribution in [0.3, 0.4) is 0 Å². The zero-order chi connectivity index (χ0) is 34.6. The number of aromatic nitrogens is 1. The molecule has 0 saturated heterocycles. The number of benzene rings is 9. The van der Waals surface area contributed by atoms with E-state index in [-0.39, 0.29) is 0 Å². The van der Waals surface area contributed by atoms with E-state index in [0.717, 1.165) is 0 Å². The van der Waals surface area contributed by atoms with Gasteiger partial charge in [-0.1, -0.05) is 147 Å².